The molecule has 3 aromatic rings. The molecule has 4 rings (SSSR count). The minimum Gasteiger partial charge on any atom is -0.309 e. The molecule has 0 bridgehead atoms. The third kappa shape index (κ3) is 2.65. The Labute approximate surface area is 144 Å². The molecule has 2 aromatic heterocycles. The summed E-state index contributed by atoms with van der Waals surface area (Å²) in [6, 6.07) is 10.3. The first-order valence-corrected chi connectivity index (χ1v) is 9.59. The van der Waals surface area contributed by atoms with E-state index >= 15 is 0 Å². The Balaban J connectivity index is 1.97. The van der Waals surface area contributed by atoms with Crippen molar-refractivity contribution < 1.29 is 0 Å². The molecular formula is C18H20N4OS. The SMILES string of the molecule is CSc1nc2n(Cc3ccccc3)c3c(c(=O)n2n1)CCCCC3. The van der Waals surface area contributed by atoms with Crippen molar-refractivity contribution >= 4 is 17.5 Å². The summed E-state index contributed by atoms with van der Waals surface area (Å²) in [5, 5.41) is 5.05. The first kappa shape index (κ1) is 15.4. The molecule has 0 saturated heterocycles. The maximum Gasteiger partial charge on any atom is 0.279 e. The Morgan fingerprint density at radius 1 is 1.12 bits per heavy atom. The number of hydrogen-bond donors (Lipinski definition) is 0. The molecule has 0 unspecified atom stereocenters. The predicted molar refractivity (Wildman–Crippen MR) is 95.8 cm³/mol. The third-order valence-corrected chi connectivity index (χ3v) is 5.18. The van der Waals surface area contributed by atoms with Crippen LogP contribution in [0.15, 0.2) is 40.3 Å². The molecule has 0 aliphatic heterocycles. The minimum atomic E-state index is 0.0130. The molecular weight excluding hydrogens is 320 g/mol. The summed E-state index contributed by atoms with van der Waals surface area (Å²) in [7, 11) is 0. The predicted octanol–water partition coefficient (Wildman–Crippen LogP) is 2.93. The van der Waals surface area contributed by atoms with Gasteiger partial charge >= 0.3 is 0 Å². The molecule has 0 radical (unpaired) electrons. The van der Waals surface area contributed by atoms with Crippen LogP contribution in [-0.2, 0) is 19.4 Å². The fourth-order valence-corrected chi connectivity index (χ4v) is 3.79. The Hall–Kier alpha value is -2.08. The van der Waals surface area contributed by atoms with Crippen molar-refractivity contribution in [3.63, 3.8) is 0 Å². The molecule has 5 nitrogen and oxygen atoms in total. The summed E-state index contributed by atoms with van der Waals surface area (Å²) in [5.41, 5.74) is 3.30. The molecule has 0 saturated carbocycles. The summed E-state index contributed by atoms with van der Waals surface area (Å²) < 4.78 is 3.70. The van der Waals surface area contributed by atoms with E-state index in [4.69, 9.17) is 0 Å². The standard InChI is InChI=1S/C18H20N4OS/c1-24-17-19-18-21(12-13-8-4-2-5-9-13)15-11-7-3-6-10-14(15)16(23)22(18)20-17/h2,4-5,8-9H,3,6-7,10-12H2,1H3. The van der Waals surface area contributed by atoms with E-state index in [1.165, 1.54) is 28.3 Å². The van der Waals surface area contributed by atoms with Gasteiger partial charge in [0.25, 0.3) is 5.56 Å². The molecule has 0 N–H and O–H groups in total. The molecule has 2 heterocycles. The van der Waals surface area contributed by atoms with Gasteiger partial charge in [0, 0.05) is 11.3 Å². The van der Waals surface area contributed by atoms with E-state index in [2.05, 4.69) is 26.8 Å². The summed E-state index contributed by atoms with van der Waals surface area (Å²) in [5.74, 6) is 0.661. The van der Waals surface area contributed by atoms with E-state index in [-0.39, 0.29) is 5.56 Å². The van der Waals surface area contributed by atoms with Gasteiger partial charge in [-0.3, -0.25) is 4.79 Å². The number of aromatic nitrogens is 4. The zero-order valence-corrected chi connectivity index (χ0v) is 14.6. The highest BCUT2D eigenvalue weighted by molar-refractivity contribution is 7.98. The second kappa shape index (κ2) is 6.43. The first-order valence-electron chi connectivity index (χ1n) is 8.37. The number of benzene rings is 1. The van der Waals surface area contributed by atoms with Gasteiger partial charge in [-0.05, 0) is 37.5 Å². The Kier molecular flexibility index (Phi) is 4.14. The van der Waals surface area contributed by atoms with E-state index in [0.29, 0.717) is 10.9 Å². The van der Waals surface area contributed by atoms with Crippen LogP contribution in [0.4, 0.5) is 0 Å². The van der Waals surface area contributed by atoms with Crippen LogP contribution in [0.5, 0.6) is 0 Å². The lowest BCUT2D eigenvalue weighted by Gasteiger charge is -2.16. The van der Waals surface area contributed by atoms with Crippen LogP contribution < -0.4 is 5.56 Å². The van der Waals surface area contributed by atoms with Crippen LogP contribution in [0.3, 0.4) is 0 Å². The van der Waals surface area contributed by atoms with Gasteiger partial charge in [-0.1, -0.05) is 48.5 Å². The maximum atomic E-state index is 12.9. The van der Waals surface area contributed by atoms with Crippen molar-refractivity contribution in [1.29, 1.82) is 0 Å². The highest BCUT2D eigenvalue weighted by Gasteiger charge is 2.21. The monoisotopic (exact) mass is 340 g/mol. The average Bonchev–Trinajstić information content (AvgIpc) is 2.90. The normalized spacial score (nSPS) is 14.5. The van der Waals surface area contributed by atoms with Crippen molar-refractivity contribution in [3.8, 4) is 0 Å². The van der Waals surface area contributed by atoms with E-state index < -0.39 is 0 Å². The van der Waals surface area contributed by atoms with Gasteiger partial charge in [0.1, 0.15) is 0 Å². The number of rotatable bonds is 3. The van der Waals surface area contributed by atoms with Crippen molar-refractivity contribution in [2.24, 2.45) is 0 Å². The van der Waals surface area contributed by atoms with Gasteiger partial charge in [-0.15, -0.1) is 5.10 Å². The summed E-state index contributed by atoms with van der Waals surface area (Å²) in [4.78, 5) is 17.5. The van der Waals surface area contributed by atoms with E-state index in [1.54, 1.807) is 0 Å². The topological polar surface area (TPSA) is 52.2 Å². The average molecular weight is 340 g/mol. The van der Waals surface area contributed by atoms with E-state index in [0.717, 1.165) is 43.5 Å². The molecule has 1 aromatic carbocycles. The highest BCUT2D eigenvalue weighted by atomic mass is 32.2. The smallest absolute Gasteiger partial charge is 0.279 e. The number of thioether (sulfide) groups is 1. The number of hydrogen-bond acceptors (Lipinski definition) is 4. The molecule has 0 spiro atoms. The lowest BCUT2D eigenvalue weighted by molar-refractivity contribution is 0.673. The molecule has 0 fully saturated rings. The first-order chi connectivity index (χ1) is 11.8. The molecule has 1 aliphatic carbocycles. The lowest BCUT2D eigenvalue weighted by atomic mass is 10.1. The Morgan fingerprint density at radius 2 is 1.92 bits per heavy atom. The van der Waals surface area contributed by atoms with Crippen molar-refractivity contribution in [1.82, 2.24) is 19.2 Å². The summed E-state index contributed by atoms with van der Waals surface area (Å²) >= 11 is 1.47. The van der Waals surface area contributed by atoms with Gasteiger partial charge in [0.2, 0.25) is 10.9 Å². The van der Waals surface area contributed by atoms with Crippen LogP contribution in [0.1, 0.15) is 36.1 Å². The molecule has 0 amide bonds. The number of nitrogens with zero attached hydrogens (tertiary/aromatic N) is 4. The molecule has 0 atom stereocenters. The van der Waals surface area contributed by atoms with Gasteiger partial charge in [0.15, 0.2) is 0 Å². The highest BCUT2D eigenvalue weighted by Crippen LogP contribution is 2.22. The van der Waals surface area contributed by atoms with E-state index in [9.17, 15) is 4.79 Å². The molecule has 6 heteroatoms. The van der Waals surface area contributed by atoms with Crippen LogP contribution in [0.25, 0.3) is 5.78 Å². The fourth-order valence-electron chi connectivity index (χ4n) is 3.46. The second-order valence-corrected chi connectivity index (χ2v) is 6.95. The van der Waals surface area contributed by atoms with Crippen molar-refractivity contribution in [3.05, 3.63) is 57.5 Å². The second-order valence-electron chi connectivity index (χ2n) is 6.17. The van der Waals surface area contributed by atoms with Crippen LogP contribution in [-0.4, -0.2) is 25.4 Å². The zero-order valence-electron chi connectivity index (χ0n) is 13.7. The molecule has 124 valence electrons. The fraction of sp³-hybridized carbons (Fsp3) is 0.389. The van der Waals surface area contributed by atoms with E-state index in [1.807, 2.05) is 24.5 Å². The Bertz CT molecular complexity index is 930. The van der Waals surface area contributed by atoms with Crippen LogP contribution >= 0.6 is 11.8 Å². The summed E-state index contributed by atoms with van der Waals surface area (Å²) in [6.07, 6.45) is 7.09. The zero-order chi connectivity index (χ0) is 16.5. The van der Waals surface area contributed by atoms with Gasteiger partial charge in [-0.25, -0.2) is 0 Å². The molecule has 24 heavy (non-hydrogen) atoms. The van der Waals surface area contributed by atoms with Crippen LogP contribution in [0.2, 0.25) is 0 Å². The maximum absolute atomic E-state index is 12.9. The lowest BCUT2D eigenvalue weighted by Crippen LogP contribution is -2.27. The van der Waals surface area contributed by atoms with Gasteiger partial charge in [-0.2, -0.15) is 9.50 Å². The van der Waals surface area contributed by atoms with Crippen molar-refractivity contribution in [2.75, 3.05) is 6.26 Å². The van der Waals surface area contributed by atoms with Crippen LogP contribution in [0, 0.1) is 0 Å². The van der Waals surface area contributed by atoms with Crippen molar-refractivity contribution in [2.45, 2.75) is 43.8 Å². The van der Waals surface area contributed by atoms with Gasteiger partial charge in [0.05, 0.1) is 6.54 Å². The Morgan fingerprint density at radius 3 is 2.71 bits per heavy atom. The largest absolute Gasteiger partial charge is 0.309 e. The number of fused-ring (bicyclic) bond motifs is 2. The molecule has 1 aliphatic rings. The van der Waals surface area contributed by atoms with Gasteiger partial charge < -0.3 is 4.57 Å². The summed E-state index contributed by atoms with van der Waals surface area (Å²) in [6.45, 7) is 0.722. The quantitative estimate of drug-likeness (QED) is 0.543. The third-order valence-electron chi connectivity index (χ3n) is 4.64. The minimum absolute atomic E-state index is 0.0130.